The van der Waals surface area contributed by atoms with E-state index in [0.717, 1.165) is 50.8 Å². The van der Waals surface area contributed by atoms with Crippen molar-refractivity contribution < 1.29 is 28.4 Å². The quantitative estimate of drug-likeness (QED) is 0.615. The lowest BCUT2D eigenvalue weighted by Gasteiger charge is -2.25. The van der Waals surface area contributed by atoms with Gasteiger partial charge in [0.15, 0.2) is 11.5 Å². The minimum Gasteiger partial charge on any atom is -0.488 e. The fourth-order valence-corrected chi connectivity index (χ4v) is 3.35. The SMILES string of the molecule is c1ccc2c(c1)OCCN1CCOCCOCCN(CCOCCOCC1)CCO2. The maximum Gasteiger partial charge on any atom is 0.161 e. The van der Waals surface area contributed by atoms with Gasteiger partial charge in [0.05, 0.1) is 52.9 Å². The lowest BCUT2D eigenvalue weighted by Crippen LogP contribution is -2.36. The molecule has 8 heteroatoms. The number of fused-ring (bicyclic) bond motifs is 18. The molecule has 3 aliphatic rings. The standard InChI is InChI=1S/C22H36N2O6/c1-2-4-22-21(3-1)29-15-9-23-5-11-25-17-19-27-13-7-24(10-16-30-22)8-14-28-20-18-26-12-6-23/h1-4H,5-20H2. The molecule has 8 nitrogen and oxygen atoms in total. The minimum absolute atomic E-state index is 0.582. The molecule has 30 heavy (non-hydrogen) atoms. The first-order valence-corrected chi connectivity index (χ1v) is 11.0. The first kappa shape index (κ1) is 23.2. The summed E-state index contributed by atoms with van der Waals surface area (Å²) >= 11 is 0. The summed E-state index contributed by atoms with van der Waals surface area (Å²) in [5.41, 5.74) is 0. The summed E-state index contributed by atoms with van der Waals surface area (Å²) in [6, 6.07) is 7.87. The van der Waals surface area contributed by atoms with Crippen LogP contribution in [0.4, 0.5) is 0 Å². The maximum atomic E-state index is 6.05. The van der Waals surface area contributed by atoms with Crippen molar-refractivity contribution in [2.75, 3.05) is 105 Å². The van der Waals surface area contributed by atoms with Crippen molar-refractivity contribution in [3.8, 4) is 11.5 Å². The van der Waals surface area contributed by atoms with Gasteiger partial charge >= 0.3 is 0 Å². The highest BCUT2D eigenvalue weighted by Gasteiger charge is 2.11. The monoisotopic (exact) mass is 424 g/mol. The molecule has 4 rings (SSSR count). The zero-order valence-electron chi connectivity index (χ0n) is 18.0. The summed E-state index contributed by atoms with van der Waals surface area (Å²) < 4.78 is 35.1. The lowest BCUT2D eigenvalue weighted by molar-refractivity contribution is 0.00506. The molecule has 1 aromatic rings. The predicted molar refractivity (Wildman–Crippen MR) is 114 cm³/mol. The maximum absolute atomic E-state index is 6.05. The van der Waals surface area contributed by atoms with Crippen LogP contribution >= 0.6 is 0 Å². The smallest absolute Gasteiger partial charge is 0.161 e. The Hall–Kier alpha value is -1.42. The normalized spacial score (nSPS) is 26.5. The van der Waals surface area contributed by atoms with Gasteiger partial charge in [0.1, 0.15) is 13.2 Å². The van der Waals surface area contributed by atoms with Crippen LogP contribution in [0.3, 0.4) is 0 Å². The van der Waals surface area contributed by atoms with Crippen LogP contribution < -0.4 is 9.47 Å². The van der Waals surface area contributed by atoms with Crippen molar-refractivity contribution in [2.45, 2.75) is 0 Å². The first-order chi connectivity index (χ1) is 14.9. The molecule has 170 valence electrons. The molecular weight excluding hydrogens is 388 g/mol. The number of rotatable bonds is 0. The van der Waals surface area contributed by atoms with E-state index in [2.05, 4.69) is 9.80 Å². The van der Waals surface area contributed by atoms with E-state index in [9.17, 15) is 0 Å². The van der Waals surface area contributed by atoms with Gasteiger partial charge < -0.3 is 28.4 Å². The second-order valence-electron chi connectivity index (χ2n) is 7.28. The molecule has 3 aliphatic heterocycles. The number of ether oxygens (including phenoxy) is 6. The number of hydrogen-bond acceptors (Lipinski definition) is 8. The third-order valence-corrected chi connectivity index (χ3v) is 5.13. The van der Waals surface area contributed by atoms with E-state index < -0.39 is 0 Å². The number of nitrogens with zero attached hydrogens (tertiary/aromatic N) is 2. The minimum atomic E-state index is 0.582. The third-order valence-electron chi connectivity index (χ3n) is 5.13. The van der Waals surface area contributed by atoms with Crippen molar-refractivity contribution in [3.05, 3.63) is 24.3 Å². The average molecular weight is 425 g/mol. The fourth-order valence-electron chi connectivity index (χ4n) is 3.35. The Kier molecular flexibility index (Phi) is 11.3. The second kappa shape index (κ2) is 14.6. The molecular formula is C22H36N2O6. The van der Waals surface area contributed by atoms with Crippen LogP contribution in [0.25, 0.3) is 0 Å². The number of hydrogen-bond donors (Lipinski definition) is 0. The van der Waals surface area contributed by atoms with E-state index in [0.29, 0.717) is 66.1 Å². The molecule has 0 radical (unpaired) electrons. The third kappa shape index (κ3) is 9.16. The van der Waals surface area contributed by atoms with E-state index >= 15 is 0 Å². The van der Waals surface area contributed by atoms with Gasteiger partial charge in [0.25, 0.3) is 0 Å². The van der Waals surface area contributed by atoms with Crippen molar-refractivity contribution >= 4 is 0 Å². The van der Waals surface area contributed by atoms with Crippen LogP contribution in [0.5, 0.6) is 11.5 Å². The second-order valence-corrected chi connectivity index (χ2v) is 7.28. The van der Waals surface area contributed by atoms with Crippen molar-refractivity contribution in [1.82, 2.24) is 9.80 Å². The van der Waals surface area contributed by atoms with Crippen LogP contribution in [0, 0.1) is 0 Å². The Labute approximate surface area is 179 Å². The summed E-state index contributed by atoms with van der Waals surface area (Å²) in [5, 5.41) is 0. The molecule has 2 bridgehead atoms. The molecule has 0 saturated carbocycles. The average Bonchev–Trinajstić information content (AvgIpc) is 2.76. The zero-order valence-corrected chi connectivity index (χ0v) is 18.0. The Balaban J connectivity index is 1.68. The summed E-state index contributed by atoms with van der Waals surface area (Å²) in [7, 11) is 0. The Morgan fingerprint density at radius 3 is 1.13 bits per heavy atom. The van der Waals surface area contributed by atoms with Gasteiger partial charge in [0.2, 0.25) is 0 Å². The zero-order chi connectivity index (χ0) is 20.7. The van der Waals surface area contributed by atoms with E-state index in [1.165, 1.54) is 0 Å². The van der Waals surface area contributed by atoms with Gasteiger partial charge in [-0.05, 0) is 12.1 Å². The largest absolute Gasteiger partial charge is 0.488 e. The predicted octanol–water partition coefficient (Wildman–Crippen LogP) is 1.14. The van der Waals surface area contributed by atoms with Crippen molar-refractivity contribution in [2.24, 2.45) is 0 Å². The molecule has 0 amide bonds. The van der Waals surface area contributed by atoms with Gasteiger partial charge in [-0.3, -0.25) is 9.80 Å². The summed E-state index contributed by atoms with van der Waals surface area (Å²) in [5.74, 6) is 1.57. The van der Waals surface area contributed by atoms with Gasteiger partial charge in [-0.1, -0.05) is 12.1 Å². The molecule has 0 aliphatic carbocycles. The van der Waals surface area contributed by atoms with Gasteiger partial charge in [-0.15, -0.1) is 0 Å². The molecule has 0 aromatic heterocycles. The van der Waals surface area contributed by atoms with E-state index in [1.54, 1.807) is 0 Å². The van der Waals surface area contributed by atoms with Crippen LogP contribution in [-0.2, 0) is 18.9 Å². The number of para-hydroxylation sites is 2. The summed E-state index contributed by atoms with van der Waals surface area (Å²) in [6.45, 7) is 11.2. The van der Waals surface area contributed by atoms with Crippen molar-refractivity contribution in [1.29, 1.82) is 0 Å². The fraction of sp³-hybridized carbons (Fsp3) is 0.727. The molecule has 0 spiro atoms. The topological polar surface area (TPSA) is 61.9 Å². The molecule has 3 heterocycles. The Morgan fingerprint density at radius 2 is 0.767 bits per heavy atom. The van der Waals surface area contributed by atoms with Gasteiger partial charge in [-0.2, -0.15) is 0 Å². The van der Waals surface area contributed by atoms with E-state index in [1.807, 2.05) is 24.3 Å². The van der Waals surface area contributed by atoms with Crippen LogP contribution in [0.2, 0.25) is 0 Å². The van der Waals surface area contributed by atoms with Crippen LogP contribution in [0.15, 0.2) is 24.3 Å². The Bertz CT molecular complexity index is 507. The van der Waals surface area contributed by atoms with Gasteiger partial charge in [0, 0.05) is 39.3 Å². The highest BCUT2D eigenvalue weighted by molar-refractivity contribution is 5.39. The summed E-state index contributed by atoms with van der Waals surface area (Å²) in [4.78, 5) is 4.60. The van der Waals surface area contributed by atoms with E-state index in [4.69, 9.17) is 28.4 Å². The first-order valence-electron chi connectivity index (χ1n) is 11.0. The highest BCUT2D eigenvalue weighted by Crippen LogP contribution is 2.26. The molecule has 0 N–H and O–H groups in total. The molecule has 1 fully saturated rings. The molecule has 0 atom stereocenters. The van der Waals surface area contributed by atoms with Crippen LogP contribution in [0.1, 0.15) is 0 Å². The van der Waals surface area contributed by atoms with Crippen LogP contribution in [-0.4, -0.2) is 115 Å². The number of benzene rings is 1. The van der Waals surface area contributed by atoms with Crippen molar-refractivity contribution in [3.63, 3.8) is 0 Å². The summed E-state index contributed by atoms with van der Waals surface area (Å²) in [6.07, 6.45) is 0. The highest BCUT2D eigenvalue weighted by atomic mass is 16.5. The Morgan fingerprint density at radius 1 is 0.433 bits per heavy atom. The molecule has 0 unspecified atom stereocenters. The lowest BCUT2D eigenvalue weighted by atomic mass is 10.3. The molecule has 1 saturated heterocycles. The molecule has 1 aromatic carbocycles. The van der Waals surface area contributed by atoms with E-state index in [-0.39, 0.29) is 0 Å². The van der Waals surface area contributed by atoms with Gasteiger partial charge in [-0.25, -0.2) is 0 Å².